The molecule has 0 radical (unpaired) electrons. The number of nitrogens with one attached hydrogen (secondary N) is 2. The van der Waals surface area contributed by atoms with Crippen molar-refractivity contribution in [3.05, 3.63) is 24.3 Å². The van der Waals surface area contributed by atoms with E-state index in [1.54, 1.807) is 6.07 Å². The van der Waals surface area contributed by atoms with Crippen molar-refractivity contribution in [1.82, 2.24) is 5.32 Å². The minimum Gasteiger partial charge on any atom is -0.506 e. The number of aliphatic imine (C=N–C) groups is 1. The van der Waals surface area contributed by atoms with E-state index >= 15 is 0 Å². The molecule has 22 heavy (non-hydrogen) atoms. The van der Waals surface area contributed by atoms with Gasteiger partial charge >= 0.3 is 0 Å². The smallest absolute Gasteiger partial charge is 0.196 e. The molecule has 3 N–H and O–H groups in total. The summed E-state index contributed by atoms with van der Waals surface area (Å²) in [4.78, 5) is 4.68. The molecule has 0 atom stereocenters. The van der Waals surface area contributed by atoms with Gasteiger partial charge < -0.3 is 15.7 Å². The van der Waals surface area contributed by atoms with Crippen LogP contribution in [0.3, 0.4) is 0 Å². The van der Waals surface area contributed by atoms with Crippen molar-refractivity contribution >= 4 is 11.6 Å². The van der Waals surface area contributed by atoms with Gasteiger partial charge in [-0.15, -0.1) is 0 Å². The molecule has 1 aromatic carbocycles. The number of rotatable bonds is 5. The lowest BCUT2D eigenvalue weighted by molar-refractivity contribution is 0.412. The van der Waals surface area contributed by atoms with E-state index in [1.165, 1.54) is 32.1 Å². The molecule has 0 unspecified atom stereocenters. The van der Waals surface area contributed by atoms with Gasteiger partial charge in [-0.3, -0.25) is 4.99 Å². The van der Waals surface area contributed by atoms with Gasteiger partial charge in [0.2, 0.25) is 0 Å². The largest absolute Gasteiger partial charge is 0.506 e. The summed E-state index contributed by atoms with van der Waals surface area (Å²) in [7, 11) is 0. The van der Waals surface area contributed by atoms with Gasteiger partial charge in [0.1, 0.15) is 5.75 Å². The predicted octanol–water partition coefficient (Wildman–Crippen LogP) is 4.13. The molecule has 0 heterocycles. The molecule has 0 amide bonds. The van der Waals surface area contributed by atoms with Gasteiger partial charge in [-0.2, -0.15) is 0 Å². The highest BCUT2D eigenvalue weighted by Gasteiger charge is 2.15. The van der Waals surface area contributed by atoms with Crippen LogP contribution in [0.5, 0.6) is 5.75 Å². The van der Waals surface area contributed by atoms with Crippen LogP contribution in [0.15, 0.2) is 29.3 Å². The molecule has 1 aliphatic rings. The zero-order valence-electron chi connectivity index (χ0n) is 13.8. The number of nitrogens with zero attached hydrogens (tertiary/aromatic N) is 1. The van der Waals surface area contributed by atoms with E-state index in [-0.39, 0.29) is 5.75 Å². The maximum atomic E-state index is 9.93. The number of para-hydroxylation sites is 2. The minimum absolute atomic E-state index is 0.254. The number of phenols is 1. The molecule has 0 aliphatic heterocycles. The molecular weight excluding hydrogens is 274 g/mol. The SMILES string of the molecule is CC(C)CCN=C(Nc1ccccc1O)NC1CCCCC1. The Bertz CT molecular complexity index is 479. The second-order valence-corrected chi connectivity index (χ2v) is 6.53. The Morgan fingerprint density at radius 3 is 2.64 bits per heavy atom. The molecule has 0 spiro atoms. The van der Waals surface area contributed by atoms with Crippen molar-refractivity contribution < 1.29 is 5.11 Å². The molecule has 1 saturated carbocycles. The van der Waals surface area contributed by atoms with Crippen molar-refractivity contribution in [2.24, 2.45) is 10.9 Å². The number of anilines is 1. The molecule has 0 bridgehead atoms. The maximum Gasteiger partial charge on any atom is 0.196 e. The Morgan fingerprint density at radius 2 is 1.95 bits per heavy atom. The molecule has 4 nitrogen and oxygen atoms in total. The topological polar surface area (TPSA) is 56.7 Å². The van der Waals surface area contributed by atoms with Crippen LogP contribution >= 0.6 is 0 Å². The lowest BCUT2D eigenvalue weighted by Crippen LogP contribution is -2.40. The molecule has 0 aromatic heterocycles. The third-order valence-corrected chi connectivity index (χ3v) is 4.08. The average Bonchev–Trinajstić information content (AvgIpc) is 2.50. The zero-order valence-corrected chi connectivity index (χ0v) is 13.8. The highest BCUT2D eigenvalue weighted by atomic mass is 16.3. The normalized spacial score (nSPS) is 16.8. The highest BCUT2D eigenvalue weighted by Crippen LogP contribution is 2.22. The summed E-state index contributed by atoms with van der Waals surface area (Å²) in [6.07, 6.45) is 7.38. The summed E-state index contributed by atoms with van der Waals surface area (Å²) in [5.74, 6) is 1.68. The van der Waals surface area contributed by atoms with Crippen molar-refractivity contribution in [1.29, 1.82) is 0 Å². The molecule has 1 fully saturated rings. The Labute approximate surface area is 134 Å². The van der Waals surface area contributed by atoms with Crippen molar-refractivity contribution in [3.8, 4) is 5.75 Å². The number of benzene rings is 1. The van der Waals surface area contributed by atoms with Crippen LogP contribution in [0, 0.1) is 5.92 Å². The third-order valence-electron chi connectivity index (χ3n) is 4.08. The summed E-state index contributed by atoms with van der Waals surface area (Å²) >= 11 is 0. The molecule has 2 rings (SSSR count). The van der Waals surface area contributed by atoms with Gasteiger partial charge in [-0.25, -0.2) is 0 Å². The van der Waals surface area contributed by atoms with Crippen LogP contribution in [0.2, 0.25) is 0 Å². The van der Waals surface area contributed by atoms with Gasteiger partial charge in [0.05, 0.1) is 5.69 Å². The fraction of sp³-hybridized carbons (Fsp3) is 0.611. The van der Waals surface area contributed by atoms with Gasteiger partial charge in [0.15, 0.2) is 5.96 Å². The standard InChI is InChI=1S/C18H29N3O/c1-14(2)12-13-19-18(20-15-8-4-3-5-9-15)21-16-10-6-7-11-17(16)22/h6-7,10-11,14-15,22H,3-5,8-9,12-13H2,1-2H3,(H2,19,20,21). The number of phenolic OH excluding ortho intramolecular Hbond substituents is 1. The number of hydrogen-bond acceptors (Lipinski definition) is 2. The average molecular weight is 303 g/mol. The lowest BCUT2D eigenvalue weighted by atomic mass is 9.96. The Morgan fingerprint density at radius 1 is 1.23 bits per heavy atom. The van der Waals surface area contributed by atoms with Crippen LogP contribution in [0.1, 0.15) is 52.4 Å². The first kappa shape index (κ1) is 16.7. The van der Waals surface area contributed by atoms with Crippen LogP contribution in [0.25, 0.3) is 0 Å². The van der Waals surface area contributed by atoms with Crippen LogP contribution in [0.4, 0.5) is 5.69 Å². The lowest BCUT2D eigenvalue weighted by Gasteiger charge is -2.25. The summed E-state index contributed by atoms with van der Waals surface area (Å²) in [6.45, 7) is 5.22. The first-order valence-electron chi connectivity index (χ1n) is 8.51. The van der Waals surface area contributed by atoms with E-state index in [1.807, 2.05) is 18.2 Å². The van der Waals surface area contributed by atoms with Crippen molar-refractivity contribution in [2.45, 2.75) is 58.4 Å². The second-order valence-electron chi connectivity index (χ2n) is 6.53. The number of aromatic hydroxyl groups is 1. The summed E-state index contributed by atoms with van der Waals surface area (Å²) < 4.78 is 0. The van der Waals surface area contributed by atoms with E-state index < -0.39 is 0 Å². The third kappa shape index (κ3) is 5.58. The zero-order chi connectivity index (χ0) is 15.8. The molecule has 4 heteroatoms. The van der Waals surface area contributed by atoms with E-state index in [0.29, 0.717) is 17.6 Å². The van der Waals surface area contributed by atoms with Gasteiger partial charge in [-0.05, 0) is 37.3 Å². The summed E-state index contributed by atoms with van der Waals surface area (Å²) in [5.41, 5.74) is 0.703. The monoisotopic (exact) mass is 303 g/mol. The molecule has 122 valence electrons. The predicted molar refractivity (Wildman–Crippen MR) is 93.5 cm³/mol. The Hall–Kier alpha value is -1.71. The van der Waals surface area contributed by atoms with E-state index in [9.17, 15) is 5.11 Å². The fourth-order valence-corrected chi connectivity index (χ4v) is 2.70. The second kappa shape index (κ2) is 8.66. The minimum atomic E-state index is 0.254. The maximum absolute atomic E-state index is 9.93. The van der Waals surface area contributed by atoms with E-state index in [0.717, 1.165) is 18.9 Å². The van der Waals surface area contributed by atoms with E-state index in [4.69, 9.17) is 0 Å². The quantitative estimate of drug-likeness (QED) is 0.435. The van der Waals surface area contributed by atoms with E-state index in [2.05, 4.69) is 29.5 Å². The summed E-state index contributed by atoms with van der Waals surface area (Å²) in [5, 5.41) is 16.7. The van der Waals surface area contributed by atoms with Crippen LogP contribution in [-0.2, 0) is 0 Å². The van der Waals surface area contributed by atoms with Crippen LogP contribution < -0.4 is 10.6 Å². The first-order valence-corrected chi connectivity index (χ1v) is 8.51. The van der Waals surface area contributed by atoms with Crippen LogP contribution in [-0.4, -0.2) is 23.7 Å². The van der Waals surface area contributed by atoms with Crippen molar-refractivity contribution in [2.75, 3.05) is 11.9 Å². The summed E-state index contributed by atoms with van der Waals surface area (Å²) in [6, 6.07) is 7.79. The molecule has 0 saturated heterocycles. The van der Waals surface area contributed by atoms with Gasteiger partial charge in [0, 0.05) is 12.6 Å². The fourth-order valence-electron chi connectivity index (χ4n) is 2.70. The van der Waals surface area contributed by atoms with Gasteiger partial charge in [-0.1, -0.05) is 45.2 Å². The van der Waals surface area contributed by atoms with Crippen molar-refractivity contribution in [3.63, 3.8) is 0 Å². The number of hydrogen-bond donors (Lipinski definition) is 3. The number of guanidine groups is 1. The van der Waals surface area contributed by atoms with Gasteiger partial charge in [0.25, 0.3) is 0 Å². The first-order chi connectivity index (χ1) is 10.6. The molecule has 1 aliphatic carbocycles. The molecule has 1 aromatic rings. The Balaban J connectivity index is 2.01. The molecular formula is C18H29N3O. The Kier molecular flexibility index (Phi) is 6.56. The highest BCUT2D eigenvalue weighted by molar-refractivity contribution is 5.95.